The van der Waals surface area contributed by atoms with Gasteiger partial charge in [0.15, 0.2) is 0 Å². The van der Waals surface area contributed by atoms with Gasteiger partial charge in [0.2, 0.25) is 17.7 Å². The van der Waals surface area contributed by atoms with Crippen LogP contribution < -0.4 is 15.0 Å². The van der Waals surface area contributed by atoms with Gasteiger partial charge >= 0.3 is 0 Å². The Morgan fingerprint density at radius 3 is 2.63 bits per heavy atom. The van der Waals surface area contributed by atoms with Crippen molar-refractivity contribution < 1.29 is 24.0 Å². The molecule has 0 aliphatic carbocycles. The number of non-ortho nitro benzene ring substituents is 1. The van der Waals surface area contributed by atoms with Crippen molar-refractivity contribution in [2.45, 2.75) is 38.3 Å². The zero-order chi connectivity index (χ0) is 24.8. The zero-order valence-electron chi connectivity index (χ0n) is 19.5. The fraction of sp³-hybridized carbons (Fsp3) is 0.400. The summed E-state index contributed by atoms with van der Waals surface area (Å²) in [6, 6.07) is 7.47. The summed E-state index contributed by atoms with van der Waals surface area (Å²) in [4.78, 5) is 55.8. The number of nitro benzene ring substituents is 1. The van der Waals surface area contributed by atoms with Crippen molar-refractivity contribution in [1.82, 2.24) is 4.90 Å². The second kappa shape index (κ2) is 7.11. The average Bonchev–Trinajstić information content (AvgIpc) is 3.52. The van der Waals surface area contributed by atoms with Crippen LogP contribution in [0.4, 0.5) is 17.1 Å². The molecular formula is C25H24N4O6. The fourth-order valence-corrected chi connectivity index (χ4v) is 6.86. The van der Waals surface area contributed by atoms with Crippen LogP contribution in [0.25, 0.3) is 0 Å². The number of amides is 3. The number of hydrogen-bond acceptors (Lipinski definition) is 7. The highest BCUT2D eigenvalue weighted by molar-refractivity contribution is 6.26. The van der Waals surface area contributed by atoms with Gasteiger partial charge in [0, 0.05) is 29.4 Å². The summed E-state index contributed by atoms with van der Waals surface area (Å²) in [5.41, 5.74) is 1.76. The third kappa shape index (κ3) is 2.54. The summed E-state index contributed by atoms with van der Waals surface area (Å²) in [5, 5.41) is 14.5. The van der Waals surface area contributed by atoms with Gasteiger partial charge in [0.1, 0.15) is 17.0 Å². The summed E-state index contributed by atoms with van der Waals surface area (Å²) in [6.45, 7) is 4.47. The van der Waals surface area contributed by atoms with Crippen LogP contribution in [0.3, 0.4) is 0 Å². The van der Waals surface area contributed by atoms with Crippen molar-refractivity contribution in [1.29, 1.82) is 0 Å². The third-order valence-electron chi connectivity index (χ3n) is 8.06. The molecule has 6 rings (SSSR count). The molecule has 35 heavy (non-hydrogen) atoms. The van der Waals surface area contributed by atoms with Gasteiger partial charge < -0.3 is 10.1 Å². The predicted octanol–water partition coefficient (Wildman–Crippen LogP) is 2.65. The normalized spacial score (nSPS) is 28.9. The Balaban J connectivity index is 1.57. The highest BCUT2D eigenvalue weighted by Crippen LogP contribution is 2.61. The van der Waals surface area contributed by atoms with Crippen molar-refractivity contribution >= 4 is 34.8 Å². The van der Waals surface area contributed by atoms with Crippen LogP contribution in [0, 0.1) is 35.8 Å². The molecule has 0 unspecified atom stereocenters. The Morgan fingerprint density at radius 2 is 1.91 bits per heavy atom. The summed E-state index contributed by atoms with van der Waals surface area (Å²) in [6.07, 6.45) is 1.50. The molecule has 3 amide bonds. The van der Waals surface area contributed by atoms with Gasteiger partial charge in [-0.3, -0.25) is 29.4 Å². The topological polar surface area (TPSA) is 122 Å². The number of imide groups is 1. The molecule has 0 saturated carbocycles. The number of carbonyl (C=O) groups excluding carboxylic acids is 3. The molecule has 4 heterocycles. The summed E-state index contributed by atoms with van der Waals surface area (Å²) in [7, 11) is 1.38. The zero-order valence-corrected chi connectivity index (χ0v) is 19.5. The molecule has 4 aliphatic heterocycles. The first-order valence-corrected chi connectivity index (χ1v) is 11.6. The average molecular weight is 476 g/mol. The van der Waals surface area contributed by atoms with Crippen LogP contribution in [-0.4, -0.2) is 47.2 Å². The van der Waals surface area contributed by atoms with Gasteiger partial charge in [-0.05, 0) is 44.9 Å². The summed E-state index contributed by atoms with van der Waals surface area (Å²) in [5.74, 6) is -2.76. The Morgan fingerprint density at radius 1 is 1.14 bits per heavy atom. The first-order valence-electron chi connectivity index (χ1n) is 11.6. The highest BCUT2D eigenvalue weighted by Gasteiger charge is 2.75. The van der Waals surface area contributed by atoms with E-state index in [1.165, 1.54) is 25.3 Å². The molecular weight excluding hydrogens is 452 g/mol. The van der Waals surface area contributed by atoms with Crippen molar-refractivity contribution in [3.8, 4) is 5.75 Å². The second-order valence-corrected chi connectivity index (χ2v) is 9.76. The van der Waals surface area contributed by atoms with Crippen LogP contribution >= 0.6 is 0 Å². The maximum atomic E-state index is 14.1. The van der Waals surface area contributed by atoms with Gasteiger partial charge in [-0.15, -0.1) is 0 Å². The molecule has 3 fully saturated rings. The largest absolute Gasteiger partial charge is 0.495 e. The van der Waals surface area contributed by atoms with Gasteiger partial charge in [-0.25, -0.2) is 4.90 Å². The molecule has 0 radical (unpaired) electrons. The monoisotopic (exact) mass is 476 g/mol. The molecule has 1 N–H and O–H groups in total. The molecule has 4 atom stereocenters. The number of fused-ring (bicyclic) bond motifs is 7. The Kier molecular flexibility index (Phi) is 4.41. The van der Waals surface area contributed by atoms with Crippen LogP contribution in [0.15, 0.2) is 30.3 Å². The minimum absolute atomic E-state index is 0.0323. The minimum Gasteiger partial charge on any atom is -0.495 e. The molecule has 3 saturated heterocycles. The molecule has 10 nitrogen and oxygen atoms in total. The summed E-state index contributed by atoms with van der Waals surface area (Å²) < 4.78 is 5.37. The Labute approximate surface area is 201 Å². The number of aryl methyl sites for hydroxylation is 2. The Hall–Kier alpha value is -3.79. The first kappa shape index (κ1) is 21.7. The van der Waals surface area contributed by atoms with Crippen LogP contribution in [-0.2, 0) is 19.9 Å². The molecule has 1 spiro atoms. The lowest BCUT2D eigenvalue weighted by atomic mass is 9.75. The van der Waals surface area contributed by atoms with Crippen molar-refractivity contribution in [2.24, 2.45) is 11.8 Å². The Bertz CT molecular complexity index is 1360. The first-order chi connectivity index (χ1) is 16.7. The number of methoxy groups -OCH3 is 1. The maximum Gasteiger partial charge on any atom is 0.271 e. The quantitative estimate of drug-likeness (QED) is 0.411. The highest BCUT2D eigenvalue weighted by atomic mass is 16.6. The lowest BCUT2D eigenvalue weighted by molar-refractivity contribution is -0.384. The van der Waals surface area contributed by atoms with Crippen LogP contribution in [0.2, 0.25) is 0 Å². The van der Waals surface area contributed by atoms with Crippen molar-refractivity contribution in [3.05, 3.63) is 57.1 Å². The predicted molar refractivity (Wildman–Crippen MR) is 125 cm³/mol. The van der Waals surface area contributed by atoms with E-state index in [-0.39, 0.29) is 29.1 Å². The molecule has 4 aliphatic rings. The molecule has 10 heteroatoms. The number of nitrogens with one attached hydrogen (secondary N) is 1. The van der Waals surface area contributed by atoms with Gasteiger partial charge in [0.05, 0.1) is 23.9 Å². The van der Waals surface area contributed by atoms with Crippen LogP contribution in [0.5, 0.6) is 5.75 Å². The number of hydrogen-bond donors (Lipinski definition) is 1. The molecule has 0 bridgehead atoms. The van der Waals surface area contributed by atoms with E-state index in [1.807, 2.05) is 26.0 Å². The van der Waals surface area contributed by atoms with E-state index < -0.39 is 34.1 Å². The number of benzene rings is 2. The van der Waals surface area contributed by atoms with E-state index in [9.17, 15) is 24.5 Å². The lowest BCUT2D eigenvalue weighted by Gasteiger charge is -2.37. The molecule has 180 valence electrons. The third-order valence-corrected chi connectivity index (χ3v) is 8.06. The van der Waals surface area contributed by atoms with E-state index in [0.29, 0.717) is 18.7 Å². The summed E-state index contributed by atoms with van der Waals surface area (Å²) >= 11 is 0. The number of nitro groups is 1. The van der Waals surface area contributed by atoms with Gasteiger partial charge in [0.25, 0.3) is 5.69 Å². The van der Waals surface area contributed by atoms with E-state index in [1.54, 1.807) is 0 Å². The van der Waals surface area contributed by atoms with E-state index in [2.05, 4.69) is 10.2 Å². The smallest absolute Gasteiger partial charge is 0.271 e. The number of nitrogens with zero attached hydrogens (tertiary/aromatic N) is 3. The van der Waals surface area contributed by atoms with E-state index in [0.717, 1.165) is 28.0 Å². The molecule has 2 aromatic rings. The number of anilines is 2. The van der Waals surface area contributed by atoms with Gasteiger partial charge in [-0.2, -0.15) is 0 Å². The molecule has 2 aromatic carbocycles. The fourth-order valence-electron chi connectivity index (χ4n) is 6.86. The molecule has 0 aromatic heterocycles. The number of ether oxygens (including phenoxy) is 1. The van der Waals surface area contributed by atoms with Gasteiger partial charge in [-0.1, -0.05) is 17.7 Å². The number of rotatable bonds is 3. The van der Waals surface area contributed by atoms with Crippen LogP contribution in [0.1, 0.15) is 29.5 Å². The van der Waals surface area contributed by atoms with Crippen molar-refractivity contribution in [2.75, 3.05) is 23.9 Å². The minimum atomic E-state index is -1.30. The second-order valence-electron chi connectivity index (χ2n) is 9.76. The van der Waals surface area contributed by atoms with Crippen molar-refractivity contribution in [3.63, 3.8) is 0 Å². The standard InChI is InChI=1S/C25H24N4O6/c1-12-9-13(2)21-15(10-12)25(24(32)26-21)20-19(16-5-4-8-27(16)25)22(30)28(23(20)31)17-11-14(29(33)34)6-7-18(17)35-3/h6-7,9-11,16,19-20H,4-5,8H2,1-3H3,(H,26,32)/t16-,19-,20-,25-/m1/s1. The SMILES string of the molecule is COc1ccc([N+](=O)[O-])cc1N1C(=O)[C@@H]2[C@H]3CCCN3[C@@]3(C(=O)Nc4c(C)cc(C)cc43)[C@H]2C1=O. The van der Waals surface area contributed by atoms with E-state index in [4.69, 9.17) is 4.74 Å². The lowest BCUT2D eigenvalue weighted by Crippen LogP contribution is -2.54. The number of carbonyl (C=O) groups is 3. The van der Waals surface area contributed by atoms with E-state index >= 15 is 0 Å². The maximum absolute atomic E-state index is 14.1.